The predicted octanol–water partition coefficient (Wildman–Crippen LogP) is 5.09. The van der Waals surface area contributed by atoms with Crippen LogP contribution >= 0.6 is 11.3 Å². The highest BCUT2D eigenvalue weighted by Gasteiger charge is 2.15. The Hall–Kier alpha value is -1.12. The van der Waals surface area contributed by atoms with Crippen LogP contribution in [-0.2, 0) is 0 Å². The van der Waals surface area contributed by atoms with Crippen LogP contribution in [0, 0.1) is 20.8 Å². The Morgan fingerprint density at radius 1 is 0.947 bits per heavy atom. The van der Waals surface area contributed by atoms with Crippen molar-refractivity contribution >= 4 is 11.3 Å². The lowest BCUT2D eigenvalue weighted by molar-refractivity contribution is 0.493. The molecule has 2 heteroatoms. The number of thiophene rings is 1. The number of aryl methyl sites for hydroxylation is 3. The molecule has 1 nitrogen and oxygen atoms in total. The maximum absolute atomic E-state index is 3.71. The van der Waals surface area contributed by atoms with Crippen LogP contribution in [0.3, 0.4) is 0 Å². The molecule has 2 aromatic rings. The second-order valence-corrected chi connectivity index (χ2v) is 6.80. The van der Waals surface area contributed by atoms with Gasteiger partial charge in [0.05, 0.1) is 0 Å². The zero-order chi connectivity index (χ0) is 14.0. The molecular weight excluding hydrogens is 250 g/mol. The zero-order valence-corrected chi connectivity index (χ0v) is 13.3. The van der Waals surface area contributed by atoms with Crippen molar-refractivity contribution in [1.29, 1.82) is 0 Å². The summed E-state index contributed by atoms with van der Waals surface area (Å²) in [6.45, 7) is 11.1. The zero-order valence-electron chi connectivity index (χ0n) is 12.4. The summed E-state index contributed by atoms with van der Waals surface area (Å²) in [6, 6.07) is 11.7. The highest BCUT2D eigenvalue weighted by Crippen LogP contribution is 2.28. The molecule has 0 radical (unpaired) electrons. The van der Waals surface area contributed by atoms with Crippen LogP contribution < -0.4 is 5.32 Å². The van der Waals surface area contributed by atoms with Gasteiger partial charge in [-0.15, -0.1) is 11.3 Å². The monoisotopic (exact) mass is 273 g/mol. The highest BCUT2D eigenvalue weighted by molar-refractivity contribution is 7.12. The Labute approximate surface area is 120 Å². The van der Waals surface area contributed by atoms with Gasteiger partial charge in [-0.3, -0.25) is 0 Å². The fraction of sp³-hybridized carbons (Fsp3) is 0.412. The Morgan fingerprint density at radius 2 is 1.58 bits per heavy atom. The summed E-state index contributed by atoms with van der Waals surface area (Å²) >= 11 is 1.88. The van der Waals surface area contributed by atoms with E-state index in [1.165, 1.54) is 26.4 Å². The van der Waals surface area contributed by atoms with E-state index in [0.29, 0.717) is 12.1 Å². The van der Waals surface area contributed by atoms with Gasteiger partial charge in [0, 0.05) is 21.8 Å². The van der Waals surface area contributed by atoms with Gasteiger partial charge in [0.2, 0.25) is 0 Å². The van der Waals surface area contributed by atoms with E-state index in [9.17, 15) is 0 Å². The molecule has 0 aliphatic heterocycles. The lowest BCUT2D eigenvalue weighted by Gasteiger charge is -2.22. The average molecular weight is 273 g/mol. The second-order valence-electron chi connectivity index (χ2n) is 5.34. The molecular formula is C17H23NS. The number of benzene rings is 1. The number of hydrogen-bond donors (Lipinski definition) is 1. The van der Waals surface area contributed by atoms with Crippen LogP contribution in [0.4, 0.5) is 0 Å². The second kappa shape index (κ2) is 5.89. The van der Waals surface area contributed by atoms with E-state index in [2.05, 4.69) is 70.3 Å². The van der Waals surface area contributed by atoms with E-state index < -0.39 is 0 Å². The van der Waals surface area contributed by atoms with Crippen molar-refractivity contribution < 1.29 is 0 Å². The molecule has 0 aliphatic carbocycles. The van der Waals surface area contributed by atoms with Gasteiger partial charge in [0.25, 0.3) is 0 Å². The van der Waals surface area contributed by atoms with E-state index in [1.807, 2.05) is 11.3 Å². The smallest absolute Gasteiger partial charge is 0.0308 e. The summed E-state index contributed by atoms with van der Waals surface area (Å²) in [5, 5.41) is 3.71. The van der Waals surface area contributed by atoms with Crippen molar-refractivity contribution in [1.82, 2.24) is 5.32 Å². The number of nitrogens with one attached hydrogen (secondary N) is 1. The molecule has 1 aromatic carbocycles. The van der Waals surface area contributed by atoms with Crippen LogP contribution in [0.5, 0.6) is 0 Å². The molecule has 19 heavy (non-hydrogen) atoms. The molecule has 0 aliphatic rings. The summed E-state index contributed by atoms with van der Waals surface area (Å²) in [7, 11) is 0. The maximum atomic E-state index is 3.71. The average Bonchev–Trinajstić information content (AvgIpc) is 2.69. The van der Waals surface area contributed by atoms with Crippen LogP contribution in [0.2, 0.25) is 0 Å². The van der Waals surface area contributed by atoms with E-state index in [4.69, 9.17) is 0 Å². The summed E-state index contributed by atoms with van der Waals surface area (Å²) in [5.41, 5.74) is 4.18. The maximum Gasteiger partial charge on any atom is 0.0308 e. The molecule has 0 amide bonds. The largest absolute Gasteiger partial charge is 0.304 e. The van der Waals surface area contributed by atoms with Gasteiger partial charge in [0.1, 0.15) is 0 Å². The SMILES string of the molecule is Cc1cc(C(C)NC(C)c2ccccc2C)c(C)s1. The lowest BCUT2D eigenvalue weighted by atomic mass is 10.0. The number of hydrogen-bond acceptors (Lipinski definition) is 2. The third-order valence-corrected chi connectivity index (χ3v) is 4.68. The summed E-state index contributed by atoms with van der Waals surface area (Å²) < 4.78 is 0. The molecule has 2 unspecified atom stereocenters. The van der Waals surface area contributed by atoms with Crippen LogP contribution in [0.25, 0.3) is 0 Å². The Morgan fingerprint density at radius 3 is 2.16 bits per heavy atom. The van der Waals surface area contributed by atoms with Gasteiger partial charge >= 0.3 is 0 Å². The predicted molar refractivity (Wildman–Crippen MR) is 84.9 cm³/mol. The van der Waals surface area contributed by atoms with Gasteiger partial charge in [-0.25, -0.2) is 0 Å². The van der Waals surface area contributed by atoms with Crippen molar-refractivity contribution in [3.05, 3.63) is 56.8 Å². The molecule has 1 heterocycles. The van der Waals surface area contributed by atoms with Gasteiger partial charge < -0.3 is 5.32 Å². The molecule has 0 saturated heterocycles. The molecule has 102 valence electrons. The lowest BCUT2D eigenvalue weighted by Crippen LogP contribution is -2.23. The first kappa shape index (κ1) is 14.3. The first-order chi connectivity index (χ1) is 8.99. The van der Waals surface area contributed by atoms with E-state index in [-0.39, 0.29) is 0 Å². The Kier molecular flexibility index (Phi) is 4.43. The summed E-state index contributed by atoms with van der Waals surface area (Å²) in [4.78, 5) is 2.82. The van der Waals surface area contributed by atoms with Crippen LogP contribution in [0.1, 0.15) is 52.4 Å². The van der Waals surface area contributed by atoms with Gasteiger partial charge in [-0.2, -0.15) is 0 Å². The molecule has 1 N–H and O–H groups in total. The topological polar surface area (TPSA) is 12.0 Å². The first-order valence-electron chi connectivity index (χ1n) is 6.87. The Bertz CT molecular complexity index is 556. The normalized spacial score (nSPS) is 14.4. The van der Waals surface area contributed by atoms with Crippen molar-refractivity contribution in [2.75, 3.05) is 0 Å². The molecule has 0 saturated carbocycles. The van der Waals surface area contributed by atoms with Crippen LogP contribution in [-0.4, -0.2) is 0 Å². The van der Waals surface area contributed by atoms with Crippen molar-refractivity contribution in [2.24, 2.45) is 0 Å². The highest BCUT2D eigenvalue weighted by atomic mass is 32.1. The molecule has 2 atom stereocenters. The van der Waals surface area contributed by atoms with Crippen molar-refractivity contribution in [3.8, 4) is 0 Å². The Balaban J connectivity index is 2.13. The molecule has 0 spiro atoms. The van der Waals surface area contributed by atoms with Gasteiger partial charge in [-0.05, 0) is 57.4 Å². The van der Waals surface area contributed by atoms with E-state index in [0.717, 1.165) is 0 Å². The minimum atomic E-state index is 0.371. The summed E-state index contributed by atoms with van der Waals surface area (Å²) in [6.07, 6.45) is 0. The quantitative estimate of drug-likeness (QED) is 0.818. The molecule has 0 fully saturated rings. The molecule has 0 bridgehead atoms. The fourth-order valence-electron chi connectivity index (χ4n) is 2.71. The van der Waals surface area contributed by atoms with E-state index >= 15 is 0 Å². The third-order valence-electron chi connectivity index (χ3n) is 3.70. The van der Waals surface area contributed by atoms with E-state index in [1.54, 1.807) is 0 Å². The van der Waals surface area contributed by atoms with Crippen molar-refractivity contribution in [3.63, 3.8) is 0 Å². The molecule has 2 rings (SSSR count). The standard InChI is InChI=1S/C17H23NS/c1-11-8-6-7-9-16(11)13(3)18-14(4)17-10-12(2)19-15(17)5/h6-10,13-14,18H,1-5H3. The summed E-state index contributed by atoms with van der Waals surface area (Å²) in [5.74, 6) is 0. The van der Waals surface area contributed by atoms with Crippen LogP contribution in [0.15, 0.2) is 30.3 Å². The van der Waals surface area contributed by atoms with Gasteiger partial charge in [-0.1, -0.05) is 24.3 Å². The molecule has 1 aromatic heterocycles. The minimum absolute atomic E-state index is 0.371. The third kappa shape index (κ3) is 3.26. The van der Waals surface area contributed by atoms with Crippen molar-refractivity contribution in [2.45, 2.75) is 46.7 Å². The fourth-order valence-corrected chi connectivity index (χ4v) is 3.73. The minimum Gasteiger partial charge on any atom is -0.304 e. The number of rotatable bonds is 4. The van der Waals surface area contributed by atoms with Gasteiger partial charge in [0.15, 0.2) is 0 Å². The first-order valence-corrected chi connectivity index (χ1v) is 7.69.